The zero-order valence-electron chi connectivity index (χ0n) is 12.0. The molecule has 3 heteroatoms. The summed E-state index contributed by atoms with van der Waals surface area (Å²) >= 11 is 0. The van der Waals surface area contributed by atoms with E-state index in [9.17, 15) is 4.79 Å². The van der Waals surface area contributed by atoms with Gasteiger partial charge in [0, 0.05) is 6.54 Å². The van der Waals surface area contributed by atoms with Crippen LogP contribution in [0.2, 0.25) is 0 Å². The maximum Gasteiger partial charge on any atom is 0.327 e. The lowest BCUT2D eigenvalue weighted by atomic mass is 9.93. The quantitative estimate of drug-likeness (QED) is 0.850. The molecular weight excluding hydrogens is 238 g/mol. The molecule has 0 saturated heterocycles. The van der Waals surface area contributed by atoms with E-state index in [0.717, 1.165) is 24.9 Å². The zero-order valence-corrected chi connectivity index (χ0v) is 12.0. The lowest BCUT2D eigenvalue weighted by Gasteiger charge is -2.26. The molecule has 19 heavy (non-hydrogen) atoms. The number of rotatable bonds is 3. The molecule has 0 aromatic heterocycles. The van der Waals surface area contributed by atoms with Crippen molar-refractivity contribution in [1.82, 2.24) is 5.32 Å². The standard InChI is InChI=1S/C16H23NO2/c1-16(2,3)9-11-19-15(18)14-13-7-5-4-6-12(13)8-10-17-14/h4-7,14,17H,8-11H2,1-3H3. The third-order valence-corrected chi connectivity index (χ3v) is 3.44. The van der Waals surface area contributed by atoms with E-state index in [2.05, 4.69) is 32.2 Å². The number of hydrogen-bond acceptors (Lipinski definition) is 3. The molecule has 1 unspecified atom stereocenters. The van der Waals surface area contributed by atoms with E-state index in [4.69, 9.17) is 4.74 Å². The van der Waals surface area contributed by atoms with E-state index in [1.807, 2.05) is 18.2 Å². The van der Waals surface area contributed by atoms with Crippen LogP contribution in [-0.2, 0) is 16.0 Å². The Labute approximate surface area is 115 Å². The average molecular weight is 261 g/mol. The number of esters is 1. The highest BCUT2D eigenvalue weighted by atomic mass is 16.5. The van der Waals surface area contributed by atoms with E-state index in [-0.39, 0.29) is 17.4 Å². The minimum atomic E-state index is -0.301. The van der Waals surface area contributed by atoms with Crippen molar-refractivity contribution in [3.63, 3.8) is 0 Å². The van der Waals surface area contributed by atoms with Crippen molar-refractivity contribution in [2.45, 2.75) is 39.7 Å². The molecule has 1 atom stereocenters. The smallest absolute Gasteiger partial charge is 0.327 e. The van der Waals surface area contributed by atoms with Crippen molar-refractivity contribution in [3.8, 4) is 0 Å². The van der Waals surface area contributed by atoms with Crippen LogP contribution in [0.4, 0.5) is 0 Å². The maximum atomic E-state index is 12.2. The topological polar surface area (TPSA) is 38.3 Å². The number of benzene rings is 1. The van der Waals surface area contributed by atoms with Gasteiger partial charge in [0.25, 0.3) is 0 Å². The van der Waals surface area contributed by atoms with Crippen LogP contribution in [0.25, 0.3) is 0 Å². The van der Waals surface area contributed by atoms with Gasteiger partial charge in [0.2, 0.25) is 0 Å². The summed E-state index contributed by atoms with van der Waals surface area (Å²) in [6.45, 7) is 7.76. The summed E-state index contributed by atoms with van der Waals surface area (Å²) < 4.78 is 5.41. The van der Waals surface area contributed by atoms with Gasteiger partial charge in [0.15, 0.2) is 0 Å². The normalized spacial score (nSPS) is 18.8. The molecule has 1 aliphatic rings. The molecular formula is C16H23NO2. The lowest BCUT2D eigenvalue weighted by Crippen LogP contribution is -2.36. The van der Waals surface area contributed by atoms with Gasteiger partial charge in [-0.3, -0.25) is 0 Å². The van der Waals surface area contributed by atoms with E-state index in [0.29, 0.717) is 6.61 Å². The van der Waals surface area contributed by atoms with Gasteiger partial charge in [-0.15, -0.1) is 0 Å². The van der Waals surface area contributed by atoms with Gasteiger partial charge in [-0.05, 0) is 29.4 Å². The maximum absolute atomic E-state index is 12.2. The Hall–Kier alpha value is -1.35. The van der Waals surface area contributed by atoms with Gasteiger partial charge in [-0.2, -0.15) is 0 Å². The van der Waals surface area contributed by atoms with Crippen molar-refractivity contribution >= 4 is 5.97 Å². The minimum Gasteiger partial charge on any atom is -0.464 e. The van der Waals surface area contributed by atoms with Crippen LogP contribution in [0.5, 0.6) is 0 Å². The third-order valence-electron chi connectivity index (χ3n) is 3.44. The van der Waals surface area contributed by atoms with Crippen LogP contribution in [0.1, 0.15) is 44.4 Å². The zero-order chi connectivity index (χ0) is 13.9. The van der Waals surface area contributed by atoms with Crippen molar-refractivity contribution in [2.24, 2.45) is 5.41 Å². The molecule has 0 amide bonds. The van der Waals surface area contributed by atoms with Crippen molar-refractivity contribution < 1.29 is 9.53 Å². The molecule has 104 valence electrons. The van der Waals surface area contributed by atoms with Crippen LogP contribution in [-0.4, -0.2) is 19.1 Å². The van der Waals surface area contributed by atoms with Crippen LogP contribution in [0.15, 0.2) is 24.3 Å². The highest BCUT2D eigenvalue weighted by molar-refractivity contribution is 5.78. The van der Waals surface area contributed by atoms with Crippen LogP contribution in [0, 0.1) is 5.41 Å². The first-order chi connectivity index (χ1) is 8.97. The largest absolute Gasteiger partial charge is 0.464 e. The summed E-state index contributed by atoms with van der Waals surface area (Å²) in [5, 5.41) is 3.25. The molecule has 0 bridgehead atoms. The number of carbonyl (C=O) groups is 1. The number of hydrogen-bond donors (Lipinski definition) is 1. The van der Waals surface area contributed by atoms with E-state index >= 15 is 0 Å². The fourth-order valence-corrected chi connectivity index (χ4v) is 2.26. The van der Waals surface area contributed by atoms with Gasteiger partial charge in [0.1, 0.15) is 6.04 Å². The molecule has 2 rings (SSSR count). The molecule has 0 aliphatic carbocycles. The summed E-state index contributed by atoms with van der Waals surface area (Å²) in [5.74, 6) is -0.156. The first-order valence-electron chi connectivity index (χ1n) is 6.95. The van der Waals surface area contributed by atoms with Gasteiger partial charge in [0.05, 0.1) is 6.61 Å². The molecule has 0 saturated carbocycles. The lowest BCUT2D eigenvalue weighted by molar-refractivity contribution is -0.147. The first-order valence-corrected chi connectivity index (χ1v) is 6.95. The molecule has 0 fully saturated rings. The number of fused-ring (bicyclic) bond motifs is 1. The SMILES string of the molecule is CC(C)(C)CCOC(=O)C1NCCc2ccccc21. The molecule has 1 aromatic rings. The highest BCUT2D eigenvalue weighted by Gasteiger charge is 2.27. The molecule has 1 aliphatic heterocycles. The molecule has 1 N–H and O–H groups in total. The summed E-state index contributed by atoms with van der Waals surface area (Å²) in [4.78, 5) is 12.2. The minimum absolute atomic E-state index is 0.156. The Morgan fingerprint density at radius 3 is 2.84 bits per heavy atom. The second kappa shape index (κ2) is 5.74. The van der Waals surface area contributed by atoms with Crippen molar-refractivity contribution in [1.29, 1.82) is 0 Å². The van der Waals surface area contributed by atoms with Gasteiger partial charge in [-0.25, -0.2) is 4.79 Å². The number of carbonyl (C=O) groups excluding carboxylic acids is 1. The average Bonchev–Trinajstić information content (AvgIpc) is 2.36. The Bertz CT molecular complexity index is 448. The molecule has 0 radical (unpaired) electrons. The monoisotopic (exact) mass is 261 g/mol. The number of ether oxygens (including phenoxy) is 1. The summed E-state index contributed by atoms with van der Waals surface area (Å²) in [6.07, 6.45) is 1.86. The number of nitrogens with one attached hydrogen (secondary N) is 1. The van der Waals surface area contributed by atoms with Gasteiger partial charge in [-0.1, -0.05) is 45.0 Å². The molecule has 0 spiro atoms. The summed E-state index contributed by atoms with van der Waals surface area (Å²) in [7, 11) is 0. The van der Waals surface area contributed by atoms with Crippen LogP contribution < -0.4 is 5.32 Å². The van der Waals surface area contributed by atoms with Gasteiger partial charge >= 0.3 is 5.97 Å². The van der Waals surface area contributed by atoms with E-state index in [1.165, 1.54) is 5.56 Å². The fourth-order valence-electron chi connectivity index (χ4n) is 2.26. The molecule has 3 nitrogen and oxygen atoms in total. The predicted octanol–water partition coefficient (Wildman–Crippen LogP) is 2.85. The Morgan fingerprint density at radius 1 is 1.37 bits per heavy atom. The molecule has 1 heterocycles. The predicted molar refractivity (Wildman–Crippen MR) is 75.9 cm³/mol. The molecule has 1 aromatic carbocycles. The van der Waals surface area contributed by atoms with Crippen LogP contribution >= 0.6 is 0 Å². The second-order valence-electron chi connectivity index (χ2n) is 6.31. The Morgan fingerprint density at radius 2 is 2.11 bits per heavy atom. The van der Waals surface area contributed by atoms with Crippen molar-refractivity contribution in [2.75, 3.05) is 13.2 Å². The second-order valence-corrected chi connectivity index (χ2v) is 6.31. The summed E-state index contributed by atoms with van der Waals surface area (Å²) in [6, 6.07) is 7.79. The van der Waals surface area contributed by atoms with Gasteiger partial charge < -0.3 is 10.1 Å². The van der Waals surface area contributed by atoms with Crippen molar-refractivity contribution in [3.05, 3.63) is 35.4 Å². The Balaban J connectivity index is 1.97. The first kappa shape index (κ1) is 14.1. The third kappa shape index (κ3) is 3.80. The van der Waals surface area contributed by atoms with E-state index in [1.54, 1.807) is 0 Å². The highest BCUT2D eigenvalue weighted by Crippen LogP contribution is 2.24. The fraction of sp³-hybridized carbons (Fsp3) is 0.562. The van der Waals surface area contributed by atoms with Crippen LogP contribution in [0.3, 0.4) is 0 Å². The Kier molecular flexibility index (Phi) is 4.25. The summed E-state index contributed by atoms with van der Waals surface area (Å²) in [5.41, 5.74) is 2.51. The van der Waals surface area contributed by atoms with E-state index < -0.39 is 0 Å².